The Morgan fingerprint density at radius 2 is 2.17 bits per heavy atom. The van der Waals surface area contributed by atoms with Gasteiger partial charge >= 0.3 is 5.97 Å². The highest BCUT2D eigenvalue weighted by Gasteiger charge is 2.29. The van der Waals surface area contributed by atoms with Gasteiger partial charge in [-0.1, -0.05) is 6.07 Å². The number of aliphatic carboxylic acids is 1. The molecule has 0 saturated carbocycles. The molecule has 2 aliphatic rings. The summed E-state index contributed by atoms with van der Waals surface area (Å²) < 4.78 is 16.4. The fraction of sp³-hybridized carbons (Fsp3) is 0.529. The van der Waals surface area contributed by atoms with Crippen LogP contribution < -0.4 is 4.74 Å². The van der Waals surface area contributed by atoms with Crippen LogP contribution in [0.25, 0.3) is 0 Å². The number of nitrogens with zero attached hydrogens (tertiary/aromatic N) is 1. The normalized spacial score (nSPS) is 23.9. The molecule has 2 heterocycles. The molecule has 0 aliphatic carbocycles. The Labute approximate surface area is 140 Å². The zero-order chi connectivity index (χ0) is 16.9. The molecule has 2 atom stereocenters. The van der Waals surface area contributed by atoms with E-state index in [4.69, 9.17) is 19.3 Å². The third kappa shape index (κ3) is 4.04. The van der Waals surface area contributed by atoms with Crippen LogP contribution in [0, 0.1) is 0 Å². The quantitative estimate of drug-likeness (QED) is 0.869. The van der Waals surface area contributed by atoms with Crippen molar-refractivity contribution in [3.8, 4) is 5.75 Å². The molecule has 24 heavy (non-hydrogen) atoms. The first-order valence-corrected chi connectivity index (χ1v) is 8.11. The molecule has 1 aromatic rings. The molecule has 0 radical (unpaired) electrons. The SMILES string of the molecule is O=C(O)[C@@H]1CN(C(=O)c2cccc(OC[C@H]3CCCO3)c2)CCO1. The number of hydrogen-bond acceptors (Lipinski definition) is 5. The first-order valence-electron chi connectivity index (χ1n) is 8.11. The largest absolute Gasteiger partial charge is 0.491 e. The summed E-state index contributed by atoms with van der Waals surface area (Å²) in [4.78, 5) is 25.1. The van der Waals surface area contributed by atoms with Gasteiger partial charge in [0, 0.05) is 18.7 Å². The first kappa shape index (κ1) is 16.7. The summed E-state index contributed by atoms with van der Waals surface area (Å²) >= 11 is 0. The summed E-state index contributed by atoms with van der Waals surface area (Å²) in [6.07, 6.45) is 1.18. The number of amides is 1. The van der Waals surface area contributed by atoms with Gasteiger partial charge in [0.2, 0.25) is 0 Å². The van der Waals surface area contributed by atoms with Gasteiger partial charge < -0.3 is 24.2 Å². The maximum absolute atomic E-state index is 12.6. The molecule has 2 aliphatic heterocycles. The van der Waals surface area contributed by atoms with Crippen LogP contribution >= 0.6 is 0 Å². The Morgan fingerprint density at radius 1 is 1.29 bits per heavy atom. The van der Waals surface area contributed by atoms with Gasteiger partial charge in [-0.15, -0.1) is 0 Å². The fourth-order valence-corrected chi connectivity index (χ4v) is 2.85. The van der Waals surface area contributed by atoms with E-state index in [9.17, 15) is 9.59 Å². The summed E-state index contributed by atoms with van der Waals surface area (Å²) in [5.41, 5.74) is 0.478. The van der Waals surface area contributed by atoms with Crippen molar-refractivity contribution in [1.82, 2.24) is 4.90 Å². The molecular formula is C17H21NO6. The molecule has 130 valence electrons. The van der Waals surface area contributed by atoms with Crippen LogP contribution in [0.1, 0.15) is 23.2 Å². The van der Waals surface area contributed by atoms with E-state index in [1.807, 2.05) is 0 Å². The van der Waals surface area contributed by atoms with Gasteiger partial charge in [0.05, 0.1) is 19.3 Å². The number of hydrogen-bond donors (Lipinski definition) is 1. The van der Waals surface area contributed by atoms with Crippen molar-refractivity contribution in [3.63, 3.8) is 0 Å². The number of carbonyl (C=O) groups is 2. The van der Waals surface area contributed by atoms with Gasteiger partial charge in [0.15, 0.2) is 6.10 Å². The second-order valence-corrected chi connectivity index (χ2v) is 5.92. The minimum atomic E-state index is -1.05. The molecule has 2 saturated heterocycles. The smallest absolute Gasteiger partial charge is 0.334 e. The number of carboxylic acid groups (broad SMARTS) is 1. The maximum Gasteiger partial charge on any atom is 0.334 e. The Bertz CT molecular complexity index is 598. The second-order valence-electron chi connectivity index (χ2n) is 5.92. The summed E-state index contributed by atoms with van der Waals surface area (Å²) in [5.74, 6) is -0.660. The third-order valence-electron chi connectivity index (χ3n) is 4.17. The second kappa shape index (κ2) is 7.63. The highest BCUT2D eigenvalue weighted by atomic mass is 16.5. The zero-order valence-electron chi connectivity index (χ0n) is 13.3. The summed E-state index contributed by atoms with van der Waals surface area (Å²) in [5, 5.41) is 9.03. The highest BCUT2D eigenvalue weighted by Crippen LogP contribution is 2.19. The number of morpholine rings is 1. The molecule has 0 spiro atoms. The van der Waals surface area contributed by atoms with E-state index in [0.717, 1.165) is 19.4 Å². The summed E-state index contributed by atoms with van der Waals surface area (Å²) in [7, 11) is 0. The summed E-state index contributed by atoms with van der Waals surface area (Å²) in [6.45, 7) is 1.89. The van der Waals surface area contributed by atoms with Crippen LogP contribution in [0.2, 0.25) is 0 Å². The number of ether oxygens (including phenoxy) is 3. The van der Waals surface area contributed by atoms with E-state index >= 15 is 0 Å². The highest BCUT2D eigenvalue weighted by molar-refractivity contribution is 5.95. The van der Waals surface area contributed by atoms with Gasteiger partial charge in [-0.25, -0.2) is 4.79 Å². The molecule has 0 unspecified atom stereocenters. The lowest BCUT2D eigenvalue weighted by atomic mass is 10.1. The number of carbonyl (C=O) groups excluding carboxylic acids is 1. The van der Waals surface area contributed by atoms with Crippen LogP contribution in [0.5, 0.6) is 5.75 Å². The monoisotopic (exact) mass is 335 g/mol. The lowest BCUT2D eigenvalue weighted by molar-refractivity contribution is -0.154. The Morgan fingerprint density at radius 3 is 2.92 bits per heavy atom. The van der Waals surface area contributed by atoms with Gasteiger partial charge in [-0.3, -0.25) is 4.79 Å². The molecule has 1 amide bonds. The fourth-order valence-electron chi connectivity index (χ4n) is 2.85. The molecular weight excluding hydrogens is 314 g/mol. The number of benzene rings is 1. The van der Waals surface area contributed by atoms with Crippen molar-refractivity contribution in [2.75, 3.05) is 32.9 Å². The van der Waals surface area contributed by atoms with Crippen molar-refractivity contribution < 1.29 is 28.9 Å². The van der Waals surface area contributed by atoms with Crippen molar-refractivity contribution >= 4 is 11.9 Å². The zero-order valence-corrected chi connectivity index (χ0v) is 13.3. The molecule has 1 N–H and O–H groups in total. The standard InChI is InChI=1S/C17H21NO6/c19-16(18-6-8-23-15(10-18)17(20)21)12-3-1-4-13(9-12)24-11-14-5-2-7-22-14/h1,3-4,9,14-15H,2,5-8,10-11H2,(H,20,21)/t14-,15+/m1/s1. The van der Waals surface area contributed by atoms with Crippen LogP contribution in [0.3, 0.4) is 0 Å². The third-order valence-corrected chi connectivity index (χ3v) is 4.17. The summed E-state index contributed by atoms with van der Waals surface area (Å²) in [6, 6.07) is 6.94. The van der Waals surface area contributed by atoms with E-state index in [2.05, 4.69) is 0 Å². The Hall–Kier alpha value is -2.12. The van der Waals surface area contributed by atoms with Crippen LogP contribution in [-0.2, 0) is 14.3 Å². The Kier molecular flexibility index (Phi) is 5.32. The topological polar surface area (TPSA) is 85.3 Å². The van der Waals surface area contributed by atoms with E-state index in [-0.39, 0.29) is 25.2 Å². The van der Waals surface area contributed by atoms with Crippen LogP contribution in [0.4, 0.5) is 0 Å². The molecule has 7 heteroatoms. The van der Waals surface area contributed by atoms with Gasteiger partial charge in [-0.05, 0) is 31.0 Å². The molecule has 7 nitrogen and oxygen atoms in total. The van der Waals surface area contributed by atoms with E-state index in [0.29, 0.717) is 24.5 Å². The lowest BCUT2D eigenvalue weighted by Crippen LogP contribution is -2.48. The predicted molar refractivity (Wildman–Crippen MR) is 84.2 cm³/mol. The maximum atomic E-state index is 12.6. The molecule has 0 aromatic heterocycles. The van der Waals surface area contributed by atoms with Crippen molar-refractivity contribution in [2.24, 2.45) is 0 Å². The Balaban J connectivity index is 1.61. The molecule has 3 rings (SSSR count). The molecule has 1 aromatic carbocycles. The molecule has 0 bridgehead atoms. The van der Waals surface area contributed by atoms with Crippen molar-refractivity contribution in [3.05, 3.63) is 29.8 Å². The predicted octanol–water partition coefficient (Wildman–Crippen LogP) is 1.17. The average Bonchev–Trinajstić information content (AvgIpc) is 3.13. The van der Waals surface area contributed by atoms with E-state index < -0.39 is 12.1 Å². The first-order chi connectivity index (χ1) is 11.6. The van der Waals surface area contributed by atoms with Crippen LogP contribution in [0.15, 0.2) is 24.3 Å². The van der Waals surface area contributed by atoms with Gasteiger partial charge in [0.25, 0.3) is 5.91 Å². The van der Waals surface area contributed by atoms with Gasteiger partial charge in [-0.2, -0.15) is 0 Å². The van der Waals surface area contributed by atoms with Gasteiger partial charge in [0.1, 0.15) is 12.4 Å². The number of rotatable bonds is 5. The number of carboxylic acids is 1. The van der Waals surface area contributed by atoms with Crippen molar-refractivity contribution in [1.29, 1.82) is 0 Å². The minimum absolute atomic E-state index is 0.0508. The van der Waals surface area contributed by atoms with Crippen LogP contribution in [-0.4, -0.2) is 67.0 Å². The lowest BCUT2D eigenvalue weighted by Gasteiger charge is -2.31. The molecule has 2 fully saturated rings. The van der Waals surface area contributed by atoms with E-state index in [1.165, 1.54) is 4.90 Å². The minimum Gasteiger partial charge on any atom is -0.491 e. The van der Waals surface area contributed by atoms with E-state index in [1.54, 1.807) is 24.3 Å². The van der Waals surface area contributed by atoms with Crippen molar-refractivity contribution in [2.45, 2.75) is 25.0 Å². The average molecular weight is 335 g/mol.